The van der Waals surface area contributed by atoms with Crippen molar-refractivity contribution in [2.75, 3.05) is 0 Å². The molecule has 0 atom stereocenters. The third kappa shape index (κ3) is 1.21. The zero-order chi connectivity index (χ0) is 11.2. The largest absolute Gasteiger partial charge is 0.506 e. The van der Waals surface area contributed by atoms with Crippen LogP contribution in [0.5, 0.6) is 5.75 Å². The zero-order valence-corrected chi connectivity index (χ0v) is 8.98. The average Bonchev–Trinajstić information content (AvgIpc) is 2.27. The summed E-state index contributed by atoms with van der Waals surface area (Å²) in [7, 11) is 0. The summed E-state index contributed by atoms with van der Waals surface area (Å²) in [4.78, 5) is 4.21. The number of hydrogen-bond donors (Lipinski definition) is 2. The normalized spacial score (nSPS) is 18.3. The van der Waals surface area contributed by atoms with Crippen molar-refractivity contribution < 1.29 is 5.11 Å². The summed E-state index contributed by atoms with van der Waals surface area (Å²) in [5, 5.41) is 10.7. The lowest BCUT2D eigenvalue weighted by atomic mass is 9.71. The van der Waals surface area contributed by atoms with Gasteiger partial charge in [0, 0.05) is 17.1 Å². The highest BCUT2D eigenvalue weighted by Crippen LogP contribution is 2.42. The van der Waals surface area contributed by atoms with Crippen LogP contribution in [0.2, 0.25) is 0 Å². The maximum Gasteiger partial charge on any atom is 0.141 e. The van der Waals surface area contributed by atoms with Gasteiger partial charge in [0.1, 0.15) is 11.3 Å². The molecule has 1 saturated carbocycles. The van der Waals surface area contributed by atoms with Gasteiger partial charge in [0.15, 0.2) is 0 Å². The van der Waals surface area contributed by atoms with Gasteiger partial charge in [0.2, 0.25) is 0 Å². The quantitative estimate of drug-likeness (QED) is 0.765. The lowest BCUT2D eigenvalue weighted by Gasteiger charge is -2.39. The second-order valence-electron chi connectivity index (χ2n) is 4.54. The Balaban J connectivity index is 2.30. The molecule has 82 valence electrons. The van der Waals surface area contributed by atoms with Gasteiger partial charge in [-0.3, -0.25) is 4.98 Å². The number of benzene rings is 1. The molecule has 0 spiro atoms. The molecule has 1 aromatic carbocycles. The Morgan fingerprint density at radius 2 is 2.06 bits per heavy atom. The molecular formula is C13H14N2O. The van der Waals surface area contributed by atoms with Crippen molar-refractivity contribution in [3.8, 4) is 5.75 Å². The van der Waals surface area contributed by atoms with Crippen LogP contribution in [0.15, 0.2) is 30.5 Å². The number of phenolic OH excluding ortho intramolecular Hbond substituents is 1. The molecule has 1 aromatic heterocycles. The van der Waals surface area contributed by atoms with Crippen LogP contribution in [0.1, 0.15) is 24.8 Å². The lowest BCUT2D eigenvalue weighted by molar-refractivity contribution is 0.256. The number of fused-ring (bicyclic) bond motifs is 1. The van der Waals surface area contributed by atoms with E-state index in [2.05, 4.69) is 4.98 Å². The molecule has 0 bridgehead atoms. The number of nitrogens with two attached hydrogens (primary N) is 1. The SMILES string of the molecule is NC1(c2ccc(O)c3ncccc23)CCC1. The van der Waals surface area contributed by atoms with Crippen molar-refractivity contribution in [1.29, 1.82) is 0 Å². The Morgan fingerprint density at radius 3 is 2.75 bits per heavy atom. The maximum absolute atomic E-state index is 9.75. The van der Waals surface area contributed by atoms with Crippen LogP contribution in [0.4, 0.5) is 0 Å². The first-order chi connectivity index (χ1) is 7.71. The fraction of sp³-hybridized carbons (Fsp3) is 0.308. The van der Waals surface area contributed by atoms with E-state index in [1.54, 1.807) is 12.3 Å². The second-order valence-corrected chi connectivity index (χ2v) is 4.54. The number of aromatic hydroxyl groups is 1. The Kier molecular flexibility index (Phi) is 1.91. The van der Waals surface area contributed by atoms with Gasteiger partial charge in [-0.2, -0.15) is 0 Å². The van der Waals surface area contributed by atoms with E-state index in [1.807, 2.05) is 18.2 Å². The zero-order valence-electron chi connectivity index (χ0n) is 8.98. The minimum absolute atomic E-state index is 0.213. The van der Waals surface area contributed by atoms with Gasteiger partial charge in [-0.1, -0.05) is 12.1 Å². The number of rotatable bonds is 1. The molecule has 3 N–H and O–H groups in total. The highest BCUT2D eigenvalue weighted by atomic mass is 16.3. The molecule has 0 aliphatic heterocycles. The lowest BCUT2D eigenvalue weighted by Crippen LogP contribution is -2.43. The third-order valence-corrected chi connectivity index (χ3v) is 3.53. The number of hydrogen-bond acceptors (Lipinski definition) is 3. The summed E-state index contributed by atoms with van der Waals surface area (Å²) >= 11 is 0. The molecular weight excluding hydrogens is 200 g/mol. The van der Waals surface area contributed by atoms with E-state index < -0.39 is 0 Å². The van der Waals surface area contributed by atoms with Crippen molar-refractivity contribution in [2.24, 2.45) is 5.73 Å². The Morgan fingerprint density at radius 1 is 1.25 bits per heavy atom. The minimum atomic E-state index is -0.213. The molecule has 3 rings (SSSR count). The van der Waals surface area contributed by atoms with E-state index in [-0.39, 0.29) is 11.3 Å². The van der Waals surface area contributed by atoms with Crippen molar-refractivity contribution in [3.05, 3.63) is 36.0 Å². The summed E-state index contributed by atoms with van der Waals surface area (Å²) in [6, 6.07) is 7.48. The average molecular weight is 214 g/mol. The molecule has 0 amide bonds. The number of nitrogens with zero attached hydrogens (tertiary/aromatic N) is 1. The van der Waals surface area contributed by atoms with E-state index in [0.29, 0.717) is 5.52 Å². The van der Waals surface area contributed by atoms with Gasteiger partial charge >= 0.3 is 0 Å². The smallest absolute Gasteiger partial charge is 0.141 e. The molecule has 1 aliphatic rings. The molecule has 1 aliphatic carbocycles. The van der Waals surface area contributed by atoms with Crippen LogP contribution < -0.4 is 5.73 Å². The van der Waals surface area contributed by atoms with Crippen molar-refractivity contribution in [2.45, 2.75) is 24.8 Å². The van der Waals surface area contributed by atoms with E-state index in [9.17, 15) is 5.11 Å². The van der Waals surface area contributed by atoms with Crippen LogP contribution in [-0.4, -0.2) is 10.1 Å². The van der Waals surface area contributed by atoms with Crippen molar-refractivity contribution in [3.63, 3.8) is 0 Å². The molecule has 2 aromatic rings. The van der Waals surface area contributed by atoms with E-state index in [1.165, 1.54) is 6.42 Å². The van der Waals surface area contributed by atoms with Crippen LogP contribution >= 0.6 is 0 Å². The molecule has 16 heavy (non-hydrogen) atoms. The number of aromatic nitrogens is 1. The summed E-state index contributed by atoms with van der Waals surface area (Å²) in [6.07, 6.45) is 4.90. The molecule has 0 unspecified atom stereocenters. The fourth-order valence-electron chi connectivity index (χ4n) is 2.42. The molecule has 3 nitrogen and oxygen atoms in total. The number of phenols is 1. The van der Waals surface area contributed by atoms with Gasteiger partial charge in [0.25, 0.3) is 0 Å². The molecule has 0 saturated heterocycles. The van der Waals surface area contributed by atoms with Crippen LogP contribution in [0.3, 0.4) is 0 Å². The monoisotopic (exact) mass is 214 g/mol. The Bertz CT molecular complexity index is 547. The highest BCUT2D eigenvalue weighted by molar-refractivity contribution is 5.88. The van der Waals surface area contributed by atoms with Gasteiger partial charge in [0.05, 0.1) is 0 Å². The van der Waals surface area contributed by atoms with Crippen LogP contribution in [0.25, 0.3) is 10.9 Å². The summed E-state index contributed by atoms with van der Waals surface area (Å²) in [5.74, 6) is 0.224. The highest BCUT2D eigenvalue weighted by Gasteiger charge is 2.35. The topological polar surface area (TPSA) is 59.1 Å². The van der Waals surface area contributed by atoms with Gasteiger partial charge < -0.3 is 10.8 Å². The standard InChI is InChI=1S/C13H14N2O/c14-13(6-2-7-13)10-4-5-11(16)12-9(10)3-1-8-15-12/h1,3-5,8,16H,2,6-7,14H2. The first kappa shape index (κ1) is 9.60. The van der Waals surface area contributed by atoms with E-state index in [0.717, 1.165) is 23.8 Å². The first-order valence-corrected chi connectivity index (χ1v) is 5.57. The fourth-order valence-corrected chi connectivity index (χ4v) is 2.42. The second kappa shape index (κ2) is 3.19. The molecule has 0 radical (unpaired) electrons. The predicted molar refractivity (Wildman–Crippen MR) is 63.1 cm³/mol. The van der Waals surface area contributed by atoms with Crippen molar-refractivity contribution >= 4 is 10.9 Å². The number of pyridine rings is 1. The molecule has 1 fully saturated rings. The third-order valence-electron chi connectivity index (χ3n) is 3.53. The summed E-state index contributed by atoms with van der Waals surface area (Å²) in [6.45, 7) is 0. The first-order valence-electron chi connectivity index (χ1n) is 5.57. The predicted octanol–water partition coefficient (Wildman–Crippen LogP) is 2.28. The summed E-state index contributed by atoms with van der Waals surface area (Å²) in [5.41, 5.74) is 7.88. The maximum atomic E-state index is 9.75. The Hall–Kier alpha value is -1.61. The Labute approximate surface area is 93.9 Å². The van der Waals surface area contributed by atoms with E-state index in [4.69, 9.17) is 5.73 Å². The van der Waals surface area contributed by atoms with Crippen LogP contribution in [0, 0.1) is 0 Å². The molecule has 3 heteroatoms. The minimum Gasteiger partial charge on any atom is -0.506 e. The van der Waals surface area contributed by atoms with Crippen LogP contribution in [-0.2, 0) is 5.54 Å². The van der Waals surface area contributed by atoms with Crippen molar-refractivity contribution in [1.82, 2.24) is 4.98 Å². The summed E-state index contributed by atoms with van der Waals surface area (Å²) < 4.78 is 0. The van der Waals surface area contributed by atoms with Gasteiger partial charge in [-0.15, -0.1) is 0 Å². The van der Waals surface area contributed by atoms with Gasteiger partial charge in [-0.25, -0.2) is 0 Å². The van der Waals surface area contributed by atoms with Gasteiger partial charge in [-0.05, 0) is 37.0 Å². The van der Waals surface area contributed by atoms with E-state index >= 15 is 0 Å². The molecule has 1 heterocycles.